The number of halogens is 2. The molecule has 1 rings (SSSR count). The normalized spacial score (nSPS) is 9.73. The van der Waals surface area contributed by atoms with E-state index in [-0.39, 0.29) is 5.75 Å². The van der Waals surface area contributed by atoms with E-state index in [2.05, 4.69) is 4.98 Å². The van der Waals surface area contributed by atoms with Crippen LogP contribution in [0.15, 0.2) is 12.1 Å². The molecule has 0 radical (unpaired) electrons. The molecule has 0 aliphatic heterocycles. The number of hydrogen-bond acceptors (Lipinski definition) is 2. The van der Waals surface area contributed by atoms with Crippen LogP contribution in [0.4, 0.5) is 8.78 Å². The van der Waals surface area contributed by atoms with Crippen molar-refractivity contribution in [3.8, 4) is 5.75 Å². The molecule has 0 aromatic carbocycles. The van der Waals surface area contributed by atoms with Gasteiger partial charge >= 0.3 is 0 Å². The average molecular weight is 159 g/mol. The molecule has 0 fully saturated rings. The third-order valence-electron chi connectivity index (χ3n) is 1.05. The molecule has 11 heavy (non-hydrogen) atoms. The number of aromatic nitrogens is 1. The third-order valence-corrected chi connectivity index (χ3v) is 1.05. The van der Waals surface area contributed by atoms with Crippen LogP contribution < -0.4 is 4.74 Å². The van der Waals surface area contributed by atoms with Crippen molar-refractivity contribution in [1.82, 2.24) is 4.98 Å². The molecular weight excluding hydrogens is 152 g/mol. The minimum absolute atomic E-state index is 0.164. The number of hydrogen-bond donors (Lipinski definition) is 0. The first-order valence-corrected chi connectivity index (χ1v) is 3.18. The molecule has 0 atom stereocenters. The minimum Gasteiger partial charge on any atom is -0.494 e. The Kier molecular flexibility index (Phi) is 2.36. The second-order valence-corrected chi connectivity index (χ2v) is 1.88. The Morgan fingerprint density at radius 2 is 1.91 bits per heavy atom. The smallest absolute Gasteiger partial charge is 0.219 e. The van der Waals surface area contributed by atoms with Crippen LogP contribution in [-0.2, 0) is 0 Å². The van der Waals surface area contributed by atoms with Gasteiger partial charge in [-0.05, 0) is 6.92 Å². The van der Waals surface area contributed by atoms with Crippen molar-refractivity contribution in [1.29, 1.82) is 0 Å². The monoisotopic (exact) mass is 159 g/mol. The van der Waals surface area contributed by atoms with Crippen molar-refractivity contribution in [3.05, 3.63) is 24.0 Å². The van der Waals surface area contributed by atoms with Gasteiger partial charge in [-0.25, -0.2) is 0 Å². The maximum atomic E-state index is 12.3. The summed E-state index contributed by atoms with van der Waals surface area (Å²) in [5.74, 6) is -1.57. The zero-order valence-corrected chi connectivity index (χ0v) is 5.97. The van der Waals surface area contributed by atoms with Crippen molar-refractivity contribution >= 4 is 0 Å². The minimum atomic E-state index is -0.867. The topological polar surface area (TPSA) is 22.1 Å². The fourth-order valence-corrected chi connectivity index (χ4v) is 0.693. The van der Waals surface area contributed by atoms with Crippen molar-refractivity contribution in [2.24, 2.45) is 0 Å². The van der Waals surface area contributed by atoms with Crippen molar-refractivity contribution in [3.63, 3.8) is 0 Å². The van der Waals surface area contributed by atoms with Crippen molar-refractivity contribution in [2.45, 2.75) is 6.92 Å². The van der Waals surface area contributed by atoms with Gasteiger partial charge in [-0.15, -0.1) is 0 Å². The Bertz CT molecular complexity index is 232. The molecule has 0 bridgehead atoms. The predicted octanol–water partition coefficient (Wildman–Crippen LogP) is 1.76. The summed E-state index contributed by atoms with van der Waals surface area (Å²) in [7, 11) is 0. The van der Waals surface area contributed by atoms with E-state index >= 15 is 0 Å². The Morgan fingerprint density at radius 3 is 2.36 bits per heavy atom. The van der Waals surface area contributed by atoms with Crippen LogP contribution in [0.1, 0.15) is 6.92 Å². The van der Waals surface area contributed by atoms with Gasteiger partial charge in [0.15, 0.2) is 0 Å². The molecule has 1 heterocycles. The standard InChI is InChI=1S/C7H7F2NO/c1-2-11-5-3-6(8)10-7(9)4-5/h3-4H,2H2,1H3. The lowest BCUT2D eigenvalue weighted by Crippen LogP contribution is -1.95. The molecule has 60 valence electrons. The summed E-state index contributed by atoms with van der Waals surface area (Å²) in [4.78, 5) is 2.90. The van der Waals surface area contributed by atoms with Gasteiger partial charge in [-0.3, -0.25) is 0 Å². The van der Waals surface area contributed by atoms with Gasteiger partial charge in [0.05, 0.1) is 6.61 Å². The number of rotatable bonds is 2. The Labute approximate surface area is 62.8 Å². The van der Waals surface area contributed by atoms with Gasteiger partial charge in [-0.2, -0.15) is 13.8 Å². The van der Waals surface area contributed by atoms with Gasteiger partial charge in [0.1, 0.15) is 5.75 Å². The highest BCUT2D eigenvalue weighted by molar-refractivity contribution is 5.18. The summed E-state index contributed by atoms with van der Waals surface area (Å²) in [5.41, 5.74) is 0. The highest BCUT2D eigenvalue weighted by atomic mass is 19.1. The average Bonchev–Trinajstić information content (AvgIpc) is 1.85. The zero-order valence-electron chi connectivity index (χ0n) is 5.97. The molecule has 0 aliphatic carbocycles. The fraction of sp³-hybridized carbons (Fsp3) is 0.286. The maximum Gasteiger partial charge on any atom is 0.219 e. The molecule has 0 amide bonds. The first kappa shape index (κ1) is 7.91. The van der Waals surface area contributed by atoms with Crippen LogP contribution in [0.5, 0.6) is 5.75 Å². The Morgan fingerprint density at radius 1 is 1.36 bits per heavy atom. The van der Waals surface area contributed by atoms with E-state index in [4.69, 9.17) is 4.74 Å². The summed E-state index contributed by atoms with van der Waals surface area (Å²) < 4.78 is 29.5. The lowest BCUT2D eigenvalue weighted by molar-refractivity contribution is 0.333. The fourth-order valence-electron chi connectivity index (χ4n) is 0.693. The second-order valence-electron chi connectivity index (χ2n) is 1.88. The van der Waals surface area contributed by atoms with Crippen LogP contribution in [0.2, 0.25) is 0 Å². The van der Waals surface area contributed by atoms with Crippen molar-refractivity contribution in [2.75, 3.05) is 6.61 Å². The van der Waals surface area contributed by atoms with Gasteiger partial charge in [0.2, 0.25) is 11.9 Å². The van der Waals surface area contributed by atoms with E-state index in [1.54, 1.807) is 6.92 Å². The highest BCUT2D eigenvalue weighted by Gasteiger charge is 2.00. The van der Waals surface area contributed by atoms with Crippen LogP contribution in [0.3, 0.4) is 0 Å². The lowest BCUT2D eigenvalue weighted by atomic mass is 10.4. The van der Waals surface area contributed by atoms with E-state index in [0.29, 0.717) is 6.61 Å². The van der Waals surface area contributed by atoms with E-state index in [1.165, 1.54) is 0 Å². The molecule has 0 aliphatic rings. The lowest BCUT2D eigenvalue weighted by Gasteiger charge is -2.00. The van der Waals surface area contributed by atoms with Gasteiger partial charge in [0, 0.05) is 12.1 Å². The van der Waals surface area contributed by atoms with Crippen LogP contribution in [-0.4, -0.2) is 11.6 Å². The van der Waals surface area contributed by atoms with E-state index < -0.39 is 11.9 Å². The van der Waals surface area contributed by atoms with Crippen LogP contribution in [0, 0.1) is 11.9 Å². The summed E-state index contributed by atoms with van der Waals surface area (Å²) in [6.45, 7) is 2.11. The summed E-state index contributed by atoms with van der Waals surface area (Å²) in [6.07, 6.45) is 0. The van der Waals surface area contributed by atoms with Gasteiger partial charge in [-0.1, -0.05) is 0 Å². The molecule has 1 aromatic rings. The summed E-state index contributed by atoms with van der Waals surface area (Å²) >= 11 is 0. The first-order valence-electron chi connectivity index (χ1n) is 3.18. The van der Waals surface area contributed by atoms with E-state index in [1.807, 2.05) is 0 Å². The largest absolute Gasteiger partial charge is 0.494 e. The molecule has 4 heteroatoms. The maximum absolute atomic E-state index is 12.3. The molecule has 1 aromatic heterocycles. The predicted molar refractivity (Wildman–Crippen MR) is 35.3 cm³/mol. The molecule has 2 nitrogen and oxygen atoms in total. The quantitative estimate of drug-likeness (QED) is 0.613. The Hall–Kier alpha value is -1.19. The molecule has 0 N–H and O–H groups in total. The third kappa shape index (κ3) is 2.14. The SMILES string of the molecule is CCOc1cc(F)nc(F)c1. The second kappa shape index (κ2) is 3.27. The molecule has 0 saturated carbocycles. The Balaban J connectivity index is 2.89. The van der Waals surface area contributed by atoms with Gasteiger partial charge in [0.25, 0.3) is 0 Å². The van der Waals surface area contributed by atoms with E-state index in [0.717, 1.165) is 12.1 Å². The first-order chi connectivity index (χ1) is 5.22. The summed E-state index contributed by atoms with van der Waals surface area (Å²) in [5, 5.41) is 0. The number of nitrogens with zero attached hydrogens (tertiary/aromatic N) is 1. The number of ether oxygens (including phenoxy) is 1. The van der Waals surface area contributed by atoms with Crippen LogP contribution >= 0.6 is 0 Å². The molecular formula is C7H7F2NO. The highest BCUT2D eigenvalue weighted by Crippen LogP contribution is 2.11. The van der Waals surface area contributed by atoms with E-state index in [9.17, 15) is 8.78 Å². The zero-order chi connectivity index (χ0) is 8.27. The van der Waals surface area contributed by atoms with Crippen LogP contribution in [0.25, 0.3) is 0 Å². The molecule has 0 spiro atoms. The summed E-state index contributed by atoms with van der Waals surface area (Å²) in [6, 6.07) is 2.07. The molecule has 0 saturated heterocycles. The molecule has 0 unspecified atom stereocenters. The van der Waals surface area contributed by atoms with Gasteiger partial charge < -0.3 is 4.74 Å². The van der Waals surface area contributed by atoms with Crippen molar-refractivity contribution < 1.29 is 13.5 Å². The number of pyridine rings is 1.